The molecule has 0 fully saturated rings. The van der Waals surface area contributed by atoms with Gasteiger partial charge in [-0.3, -0.25) is 9.59 Å². The van der Waals surface area contributed by atoms with Crippen LogP contribution in [0.25, 0.3) is 0 Å². The Morgan fingerprint density at radius 2 is 0.864 bits per heavy atom. The first-order valence-corrected chi connectivity index (χ1v) is 17.2. The summed E-state index contributed by atoms with van der Waals surface area (Å²) in [5.41, 5.74) is 4.82. The number of carbonyl (C=O) groups excluding carboxylic acids is 2. The summed E-state index contributed by atoms with van der Waals surface area (Å²) < 4.78 is 22.8. The summed E-state index contributed by atoms with van der Waals surface area (Å²) in [5, 5.41) is 0. The molecule has 0 N–H and O–H groups in total. The quantitative estimate of drug-likeness (QED) is 0.0633. The monoisotopic (exact) mass is 610 g/mol. The maximum Gasteiger partial charge on any atom is 0.308 e. The van der Waals surface area contributed by atoms with Crippen LogP contribution in [0.15, 0.2) is 48.5 Å². The van der Waals surface area contributed by atoms with Gasteiger partial charge in [0, 0.05) is 25.7 Å². The van der Waals surface area contributed by atoms with Gasteiger partial charge >= 0.3 is 11.9 Å². The van der Waals surface area contributed by atoms with Crippen LogP contribution in [0.2, 0.25) is 0 Å². The van der Waals surface area contributed by atoms with E-state index in [-0.39, 0.29) is 24.8 Å². The van der Waals surface area contributed by atoms with Gasteiger partial charge in [-0.25, -0.2) is 0 Å². The number of ether oxygens (including phenoxy) is 4. The van der Waals surface area contributed by atoms with Crippen molar-refractivity contribution in [1.29, 1.82) is 0 Å². The molecule has 0 amide bonds. The maximum absolute atomic E-state index is 12.4. The number of esters is 2. The Balaban J connectivity index is 1.59. The average Bonchev–Trinajstić information content (AvgIpc) is 3.04. The first kappa shape index (κ1) is 37.5. The van der Waals surface area contributed by atoms with Crippen LogP contribution in [0.3, 0.4) is 0 Å². The largest absolute Gasteiger partial charge is 0.436 e. The Morgan fingerprint density at radius 1 is 0.500 bits per heavy atom. The number of carbonyl (C=O) groups is 2. The molecule has 0 aliphatic heterocycles. The zero-order valence-electron chi connectivity index (χ0n) is 28.0. The highest BCUT2D eigenvalue weighted by atomic mass is 16.7. The fraction of sp³-hybridized carbons (Fsp3) is 0.632. The summed E-state index contributed by atoms with van der Waals surface area (Å²) in [6.45, 7) is 9.13. The highest BCUT2D eigenvalue weighted by Crippen LogP contribution is 2.15. The molecule has 0 aliphatic rings. The van der Waals surface area contributed by atoms with Crippen molar-refractivity contribution >= 4 is 11.9 Å². The molecule has 2 aromatic rings. The lowest BCUT2D eigenvalue weighted by Crippen LogP contribution is -2.21. The van der Waals surface area contributed by atoms with Crippen LogP contribution in [-0.4, -0.2) is 24.5 Å². The molecule has 6 nitrogen and oxygen atoms in total. The van der Waals surface area contributed by atoms with Crippen molar-refractivity contribution in [3.63, 3.8) is 0 Å². The summed E-state index contributed by atoms with van der Waals surface area (Å²) in [6.07, 6.45) is 13.9. The molecule has 0 saturated carbocycles. The fourth-order valence-corrected chi connectivity index (χ4v) is 4.91. The molecule has 2 atom stereocenters. The highest BCUT2D eigenvalue weighted by molar-refractivity contribution is 5.70. The standard InChI is InChI=1S/C38H58O6/c1-5-9-11-13-17-31-21-25-33(26-22-31)29-41-37(7-3)43-35(39)19-15-16-20-36(40)44-38(8-4)42-30-34-27-23-32(24-28-34)18-14-12-10-6-2/h21-28,37-38H,5-20,29-30H2,1-4H3. The summed E-state index contributed by atoms with van der Waals surface area (Å²) in [6, 6.07) is 17.0. The van der Waals surface area contributed by atoms with E-state index in [4.69, 9.17) is 18.9 Å². The maximum atomic E-state index is 12.4. The van der Waals surface area contributed by atoms with Crippen LogP contribution in [0.4, 0.5) is 0 Å². The number of hydrogen-bond donors (Lipinski definition) is 0. The zero-order valence-corrected chi connectivity index (χ0v) is 28.0. The van der Waals surface area contributed by atoms with Crippen molar-refractivity contribution in [2.24, 2.45) is 0 Å². The minimum absolute atomic E-state index is 0.238. The molecule has 0 aromatic heterocycles. The molecule has 2 rings (SSSR count). The van der Waals surface area contributed by atoms with E-state index < -0.39 is 12.6 Å². The lowest BCUT2D eigenvalue weighted by molar-refractivity contribution is -0.184. The molecular weight excluding hydrogens is 552 g/mol. The third-order valence-electron chi connectivity index (χ3n) is 7.76. The topological polar surface area (TPSA) is 71.1 Å². The summed E-state index contributed by atoms with van der Waals surface area (Å²) in [4.78, 5) is 24.7. The fourth-order valence-electron chi connectivity index (χ4n) is 4.91. The van der Waals surface area contributed by atoms with Gasteiger partial charge in [-0.1, -0.05) is 115 Å². The van der Waals surface area contributed by atoms with E-state index in [0.29, 0.717) is 38.9 Å². The van der Waals surface area contributed by atoms with Crippen LogP contribution in [0, 0.1) is 0 Å². The van der Waals surface area contributed by atoms with Crippen molar-refractivity contribution in [3.8, 4) is 0 Å². The van der Waals surface area contributed by atoms with Gasteiger partial charge in [0.25, 0.3) is 0 Å². The smallest absolute Gasteiger partial charge is 0.308 e. The Kier molecular flexibility index (Phi) is 20.2. The normalized spacial score (nSPS) is 12.5. The van der Waals surface area contributed by atoms with E-state index in [9.17, 15) is 9.59 Å². The average molecular weight is 611 g/mol. The number of unbranched alkanes of at least 4 members (excludes halogenated alkanes) is 7. The van der Waals surface area contributed by atoms with Crippen LogP contribution < -0.4 is 0 Å². The summed E-state index contributed by atoms with van der Waals surface area (Å²) in [5.74, 6) is -0.621. The molecule has 2 aromatic carbocycles. The Morgan fingerprint density at radius 3 is 1.20 bits per heavy atom. The van der Waals surface area contributed by atoms with E-state index in [1.807, 2.05) is 13.8 Å². The second-order valence-corrected chi connectivity index (χ2v) is 11.7. The molecular formula is C38H58O6. The number of aryl methyl sites for hydroxylation is 2. The minimum Gasteiger partial charge on any atom is -0.436 e. The van der Waals surface area contributed by atoms with Crippen LogP contribution in [0.1, 0.15) is 140 Å². The van der Waals surface area contributed by atoms with Crippen molar-refractivity contribution in [2.45, 2.75) is 156 Å². The third-order valence-corrected chi connectivity index (χ3v) is 7.76. The molecule has 0 saturated heterocycles. The lowest BCUT2D eigenvalue weighted by atomic mass is 10.0. The van der Waals surface area contributed by atoms with Crippen molar-refractivity contribution in [2.75, 3.05) is 0 Å². The van der Waals surface area contributed by atoms with Crippen LogP contribution in [-0.2, 0) is 54.6 Å². The molecule has 246 valence electrons. The number of benzene rings is 2. The van der Waals surface area contributed by atoms with E-state index in [0.717, 1.165) is 24.0 Å². The van der Waals surface area contributed by atoms with E-state index in [1.54, 1.807) is 0 Å². The first-order chi connectivity index (χ1) is 21.5. The summed E-state index contributed by atoms with van der Waals surface area (Å²) >= 11 is 0. The predicted octanol–water partition coefficient (Wildman–Crippen LogP) is 9.78. The first-order valence-electron chi connectivity index (χ1n) is 17.2. The summed E-state index contributed by atoms with van der Waals surface area (Å²) in [7, 11) is 0. The molecule has 0 spiro atoms. The number of hydrogen-bond acceptors (Lipinski definition) is 6. The van der Waals surface area contributed by atoms with Crippen LogP contribution in [0.5, 0.6) is 0 Å². The Bertz CT molecular complexity index is 933. The van der Waals surface area contributed by atoms with Crippen molar-refractivity contribution in [3.05, 3.63) is 70.8 Å². The Hall–Kier alpha value is -2.70. The van der Waals surface area contributed by atoms with Gasteiger partial charge in [-0.15, -0.1) is 0 Å². The van der Waals surface area contributed by atoms with Gasteiger partial charge in [-0.05, 0) is 60.8 Å². The molecule has 0 aliphatic carbocycles. The van der Waals surface area contributed by atoms with Gasteiger partial charge in [-0.2, -0.15) is 0 Å². The molecule has 6 heteroatoms. The van der Waals surface area contributed by atoms with Crippen molar-refractivity contribution < 1.29 is 28.5 Å². The van der Waals surface area contributed by atoms with E-state index in [2.05, 4.69) is 62.4 Å². The second-order valence-electron chi connectivity index (χ2n) is 11.7. The highest BCUT2D eigenvalue weighted by Gasteiger charge is 2.16. The second kappa shape index (κ2) is 23.7. The molecule has 0 bridgehead atoms. The third kappa shape index (κ3) is 17.0. The minimum atomic E-state index is -0.578. The van der Waals surface area contributed by atoms with Crippen molar-refractivity contribution in [1.82, 2.24) is 0 Å². The van der Waals surface area contributed by atoms with Crippen LogP contribution >= 0.6 is 0 Å². The molecule has 44 heavy (non-hydrogen) atoms. The molecule has 2 unspecified atom stereocenters. The van der Waals surface area contributed by atoms with E-state index in [1.165, 1.54) is 62.5 Å². The van der Waals surface area contributed by atoms with Gasteiger partial charge in [0.2, 0.25) is 12.6 Å². The lowest BCUT2D eigenvalue weighted by Gasteiger charge is -2.18. The van der Waals surface area contributed by atoms with Gasteiger partial charge < -0.3 is 18.9 Å². The number of rotatable bonds is 25. The van der Waals surface area contributed by atoms with Gasteiger partial charge in [0.05, 0.1) is 13.2 Å². The molecule has 0 radical (unpaired) electrons. The Labute approximate surface area is 267 Å². The SMILES string of the molecule is CCCCCCc1ccc(COC(CC)OC(=O)CCCCC(=O)OC(CC)OCc2ccc(CCCCCC)cc2)cc1. The van der Waals surface area contributed by atoms with E-state index >= 15 is 0 Å². The molecule has 0 heterocycles. The predicted molar refractivity (Wildman–Crippen MR) is 177 cm³/mol. The van der Waals surface area contributed by atoms with Gasteiger partial charge in [0.15, 0.2) is 0 Å². The zero-order chi connectivity index (χ0) is 31.8. The van der Waals surface area contributed by atoms with Gasteiger partial charge in [0.1, 0.15) is 0 Å².